The molecule has 0 fully saturated rings. The molecule has 0 unspecified atom stereocenters. The van der Waals surface area contributed by atoms with Crippen molar-refractivity contribution in [1.29, 1.82) is 0 Å². The Morgan fingerprint density at radius 1 is 1.21 bits per heavy atom. The van der Waals surface area contributed by atoms with Crippen molar-refractivity contribution in [3.8, 4) is 11.5 Å². The molecule has 29 heavy (non-hydrogen) atoms. The molecule has 0 saturated carbocycles. The maximum Gasteiger partial charge on any atom is 0.251 e. The van der Waals surface area contributed by atoms with E-state index >= 15 is 0 Å². The van der Waals surface area contributed by atoms with Gasteiger partial charge in [-0.2, -0.15) is 5.10 Å². The minimum absolute atomic E-state index is 0.189. The molecule has 0 aliphatic carbocycles. The van der Waals surface area contributed by atoms with E-state index in [0.29, 0.717) is 36.2 Å². The van der Waals surface area contributed by atoms with Crippen LogP contribution >= 0.6 is 0 Å². The van der Waals surface area contributed by atoms with Crippen LogP contribution in [0.1, 0.15) is 23.6 Å². The molecule has 1 N–H and O–H groups in total. The Hall–Kier alpha value is -3.75. The third kappa shape index (κ3) is 4.57. The fourth-order valence-electron chi connectivity index (χ4n) is 2.81. The molecular weight excluding hydrogens is 377 g/mol. The van der Waals surface area contributed by atoms with Crippen molar-refractivity contribution >= 4 is 11.6 Å². The molecular formula is C20H18FN5O3. The van der Waals surface area contributed by atoms with Crippen molar-refractivity contribution in [3.63, 3.8) is 0 Å². The Kier molecular flexibility index (Phi) is 5.19. The molecule has 148 valence electrons. The number of anilines is 1. The summed E-state index contributed by atoms with van der Waals surface area (Å²) < 4.78 is 25.4. The second-order valence-electron chi connectivity index (χ2n) is 6.49. The van der Waals surface area contributed by atoms with E-state index in [0.717, 1.165) is 11.1 Å². The SMILES string of the molecule is Cc1occc1-c1nnc(CCC(=O)Nc2cnn(Cc3ccc(F)cc3)c2)o1. The van der Waals surface area contributed by atoms with E-state index in [1.807, 2.05) is 6.92 Å². The van der Waals surface area contributed by atoms with Crippen molar-refractivity contribution < 1.29 is 18.0 Å². The van der Waals surface area contributed by atoms with Crippen molar-refractivity contribution in [1.82, 2.24) is 20.0 Å². The van der Waals surface area contributed by atoms with Gasteiger partial charge < -0.3 is 14.2 Å². The number of aromatic nitrogens is 4. The summed E-state index contributed by atoms with van der Waals surface area (Å²) in [6, 6.07) is 7.94. The lowest BCUT2D eigenvalue weighted by atomic mass is 10.2. The Morgan fingerprint density at radius 3 is 2.79 bits per heavy atom. The average molecular weight is 395 g/mol. The highest BCUT2D eigenvalue weighted by Crippen LogP contribution is 2.23. The molecule has 9 heteroatoms. The van der Waals surface area contributed by atoms with Crippen molar-refractivity contribution in [3.05, 3.63) is 72.0 Å². The van der Waals surface area contributed by atoms with Gasteiger partial charge in [0.05, 0.1) is 30.3 Å². The highest BCUT2D eigenvalue weighted by molar-refractivity contribution is 5.90. The van der Waals surface area contributed by atoms with Crippen molar-refractivity contribution in [2.75, 3.05) is 5.32 Å². The molecule has 4 aromatic rings. The second-order valence-corrected chi connectivity index (χ2v) is 6.49. The number of aryl methyl sites for hydroxylation is 2. The third-order valence-electron chi connectivity index (χ3n) is 4.30. The van der Waals surface area contributed by atoms with Crippen molar-refractivity contribution in [2.45, 2.75) is 26.3 Å². The molecule has 1 amide bonds. The fourth-order valence-corrected chi connectivity index (χ4v) is 2.81. The van der Waals surface area contributed by atoms with E-state index in [9.17, 15) is 9.18 Å². The molecule has 3 aromatic heterocycles. The van der Waals surface area contributed by atoms with Crippen LogP contribution in [0.4, 0.5) is 10.1 Å². The van der Waals surface area contributed by atoms with E-state index in [4.69, 9.17) is 8.83 Å². The zero-order valence-corrected chi connectivity index (χ0v) is 15.6. The number of benzene rings is 1. The van der Waals surface area contributed by atoms with Gasteiger partial charge in [-0.3, -0.25) is 9.48 Å². The Labute approximate surface area is 165 Å². The van der Waals surface area contributed by atoms with Gasteiger partial charge in [-0.1, -0.05) is 12.1 Å². The lowest BCUT2D eigenvalue weighted by molar-refractivity contribution is -0.116. The summed E-state index contributed by atoms with van der Waals surface area (Å²) in [6.07, 6.45) is 5.34. The lowest BCUT2D eigenvalue weighted by Crippen LogP contribution is -2.12. The number of nitrogens with one attached hydrogen (secondary N) is 1. The zero-order valence-electron chi connectivity index (χ0n) is 15.6. The smallest absolute Gasteiger partial charge is 0.251 e. The first kappa shape index (κ1) is 18.6. The van der Waals surface area contributed by atoms with Crippen LogP contribution in [0.15, 0.2) is 57.8 Å². The number of amides is 1. The molecule has 0 saturated heterocycles. The van der Waals surface area contributed by atoms with Crippen LogP contribution in [0.25, 0.3) is 11.5 Å². The lowest BCUT2D eigenvalue weighted by Gasteiger charge is -2.02. The predicted octanol–water partition coefficient (Wildman–Crippen LogP) is 3.59. The standard InChI is InChI=1S/C20H18FN5O3/c1-13-17(8-9-28-13)20-25-24-19(29-20)7-6-18(27)23-16-10-22-26(12-16)11-14-2-4-15(21)5-3-14/h2-5,8-10,12H,6-7,11H2,1H3,(H,23,27). The average Bonchev–Trinajstić information content (AvgIpc) is 3.43. The van der Waals surface area contributed by atoms with E-state index in [1.165, 1.54) is 12.1 Å². The molecule has 0 aliphatic heterocycles. The summed E-state index contributed by atoms with van der Waals surface area (Å²) >= 11 is 0. The Bertz CT molecular complexity index is 1110. The van der Waals surface area contributed by atoms with Crippen LogP contribution < -0.4 is 5.32 Å². The first-order valence-electron chi connectivity index (χ1n) is 9.00. The van der Waals surface area contributed by atoms with Gasteiger partial charge in [0.2, 0.25) is 11.8 Å². The minimum Gasteiger partial charge on any atom is -0.469 e. The van der Waals surface area contributed by atoms with Crippen LogP contribution in [-0.4, -0.2) is 25.9 Å². The number of carbonyl (C=O) groups excluding carboxylic acids is 1. The highest BCUT2D eigenvalue weighted by atomic mass is 19.1. The number of halogens is 1. The first-order valence-corrected chi connectivity index (χ1v) is 9.00. The summed E-state index contributed by atoms with van der Waals surface area (Å²) in [7, 11) is 0. The van der Waals surface area contributed by atoms with Gasteiger partial charge >= 0.3 is 0 Å². The number of rotatable bonds is 7. The number of carbonyl (C=O) groups is 1. The summed E-state index contributed by atoms with van der Waals surface area (Å²) in [5, 5.41) is 14.9. The molecule has 1 aromatic carbocycles. The fraction of sp³-hybridized carbons (Fsp3) is 0.200. The molecule has 0 spiro atoms. The minimum atomic E-state index is -0.282. The Balaban J connectivity index is 1.29. The maximum atomic E-state index is 13.0. The zero-order chi connectivity index (χ0) is 20.2. The van der Waals surface area contributed by atoms with E-state index in [-0.39, 0.29) is 18.1 Å². The molecule has 0 bridgehead atoms. The second kappa shape index (κ2) is 8.09. The molecule has 0 aliphatic rings. The summed E-state index contributed by atoms with van der Waals surface area (Å²) in [5.74, 6) is 0.966. The van der Waals surface area contributed by atoms with Gasteiger partial charge in [-0.05, 0) is 30.7 Å². The summed E-state index contributed by atoms with van der Waals surface area (Å²) in [5.41, 5.74) is 2.23. The number of furan rings is 1. The van der Waals surface area contributed by atoms with Crippen LogP contribution in [-0.2, 0) is 17.8 Å². The molecule has 8 nitrogen and oxygen atoms in total. The number of hydrogen-bond donors (Lipinski definition) is 1. The normalized spacial score (nSPS) is 11.0. The molecule has 4 rings (SSSR count). The van der Waals surface area contributed by atoms with E-state index in [1.54, 1.807) is 41.5 Å². The predicted molar refractivity (Wildman–Crippen MR) is 101 cm³/mol. The van der Waals surface area contributed by atoms with Gasteiger partial charge in [-0.15, -0.1) is 10.2 Å². The molecule has 3 heterocycles. The first-order chi connectivity index (χ1) is 14.1. The molecule has 0 radical (unpaired) electrons. The number of nitrogens with zero attached hydrogens (tertiary/aromatic N) is 4. The van der Waals surface area contributed by atoms with Crippen LogP contribution in [0, 0.1) is 12.7 Å². The van der Waals surface area contributed by atoms with Gasteiger partial charge in [0, 0.05) is 19.0 Å². The van der Waals surface area contributed by atoms with Gasteiger partial charge in [0.1, 0.15) is 11.6 Å². The van der Waals surface area contributed by atoms with Crippen LogP contribution in [0.2, 0.25) is 0 Å². The summed E-state index contributed by atoms with van der Waals surface area (Å²) in [4.78, 5) is 12.2. The number of hydrogen-bond acceptors (Lipinski definition) is 6. The Morgan fingerprint density at radius 2 is 2.03 bits per heavy atom. The largest absolute Gasteiger partial charge is 0.469 e. The topological polar surface area (TPSA) is 99.0 Å². The van der Waals surface area contributed by atoms with Crippen LogP contribution in [0.5, 0.6) is 0 Å². The van der Waals surface area contributed by atoms with Crippen LogP contribution in [0.3, 0.4) is 0 Å². The van der Waals surface area contributed by atoms with Gasteiger partial charge in [0.15, 0.2) is 0 Å². The molecule has 0 atom stereocenters. The van der Waals surface area contributed by atoms with Gasteiger partial charge in [-0.25, -0.2) is 4.39 Å². The third-order valence-corrected chi connectivity index (χ3v) is 4.30. The maximum absolute atomic E-state index is 13.0. The monoisotopic (exact) mass is 395 g/mol. The van der Waals surface area contributed by atoms with Crippen molar-refractivity contribution in [2.24, 2.45) is 0 Å². The quantitative estimate of drug-likeness (QED) is 0.513. The summed E-state index contributed by atoms with van der Waals surface area (Å²) in [6.45, 7) is 2.29. The van der Waals surface area contributed by atoms with E-state index < -0.39 is 0 Å². The van der Waals surface area contributed by atoms with Gasteiger partial charge in [0.25, 0.3) is 5.89 Å². The highest BCUT2D eigenvalue weighted by Gasteiger charge is 2.14. The van der Waals surface area contributed by atoms with E-state index in [2.05, 4.69) is 20.6 Å².